The molecule has 0 spiro atoms. The molecule has 27 heavy (non-hydrogen) atoms. The van der Waals surface area contributed by atoms with Crippen LogP contribution in [0.25, 0.3) is 0 Å². The molecule has 1 aromatic rings. The molecule has 0 saturated heterocycles. The number of hydrogen-bond acceptors (Lipinski definition) is 7. The second-order valence-corrected chi connectivity index (χ2v) is 6.82. The van der Waals surface area contributed by atoms with Crippen LogP contribution in [0.3, 0.4) is 0 Å². The first-order valence-electron chi connectivity index (χ1n) is 9.58. The SMILES string of the molecule is C=CCN1CCCc2c1cc(C)c(N=NC1=NC(CCOC)N=N1)c2CC. The lowest BCUT2D eigenvalue weighted by atomic mass is 9.91. The zero-order chi connectivity index (χ0) is 19.2. The summed E-state index contributed by atoms with van der Waals surface area (Å²) in [6, 6.07) is 2.23. The molecule has 7 heteroatoms. The number of methoxy groups -OCH3 is 1. The molecule has 3 rings (SSSR count). The van der Waals surface area contributed by atoms with E-state index in [1.165, 1.54) is 16.8 Å². The van der Waals surface area contributed by atoms with Crippen molar-refractivity contribution in [1.82, 2.24) is 0 Å². The number of guanidine groups is 1. The predicted molar refractivity (Wildman–Crippen MR) is 108 cm³/mol. The molecule has 1 atom stereocenters. The Morgan fingerprint density at radius 1 is 1.41 bits per heavy atom. The van der Waals surface area contributed by atoms with Crippen LogP contribution in [0.2, 0.25) is 0 Å². The zero-order valence-electron chi connectivity index (χ0n) is 16.5. The van der Waals surface area contributed by atoms with Crippen LogP contribution in [0.5, 0.6) is 0 Å². The number of benzene rings is 1. The van der Waals surface area contributed by atoms with Crippen LogP contribution in [-0.2, 0) is 17.6 Å². The van der Waals surface area contributed by atoms with Gasteiger partial charge in [-0.3, -0.25) is 0 Å². The average molecular weight is 368 g/mol. The van der Waals surface area contributed by atoms with E-state index in [2.05, 4.69) is 56.8 Å². The Balaban J connectivity index is 1.88. The minimum absolute atomic E-state index is 0.207. The first-order valence-corrected chi connectivity index (χ1v) is 9.58. The highest BCUT2D eigenvalue weighted by Gasteiger charge is 2.22. The molecule has 1 unspecified atom stereocenters. The second kappa shape index (κ2) is 8.99. The summed E-state index contributed by atoms with van der Waals surface area (Å²) in [7, 11) is 1.66. The fourth-order valence-electron chi connectivity index (χ4n) is 3.68. The van der Waals surface area contributed by atoms with E-state index in [1.807, 2.05) is 6.08 Å². The number of hydrogen-bond donors (Lipinski definition) is 0. The van der Waals surface area contributed by atoms with E-state index in [4.69, 9.17) is 4.74 Å². The van der Waals surface area contributed by atoms with E-state index in [-0.39, 0.29) is 6.17 Å². The number of fused-ring (bicyclic) bond motifs is 1. The van der Waals surface area contributed by atoms with E-state index in [0.717, 1.165) is 43.6 Å². The molecule has 0 saturated carbocycles. The monoisotopic (exact) mass is 368 g/mol. The van der Waals surface area contributed by atoms with Crippen LogP contribution in [-0.4, -0.2) is 38.9 Å². The van der Waals surface area contributed by atoms with Crippen LogP contribution >= 0.6 is 0 Å². The van der Waals surface area contributed by atoms with Gasteiger partial charge in [0, 0.05) is 32.3 Å². The van der Waals surface area contributed by atoms with Crippen LogP contribution in [0, 0.1) is 6.92 Å². The van der Waals surface area contributed by atoms with Crippen molar-refractivity contribution in [3.63, 3.8) is 0 Å². The van der Waals surface area contributed by atoms with Crippen molar-refractivity contribution < 1.29 is 4.74 Å². The summed E-state index contributed by atoms with van der Waals surface area (Å²) in [4.78, 5) is 6.77. The van der Waals surface area contributed by atoms with Gasteiger partial charge in [-0.25, -0.2) is 4.99 Å². The number of nitrogens with zero attached hydrogens (tertiary/aromatic N) is 6. The molecule has 0 aliphatic carbocycles. The van der Waals surface area contributed by atoms with Gasteiger partial charge in [-0.15, -0.1) is 21.9 Å². The largest absolute Gasteiger partial charge is 0.385 e. The number of azo groups is 2. The molecule has 2 aliphatic rings. The standard InChI is InChI=1S/C20H28N6O/c1-5-10-26-11-7-8-16-15(6-2)19(14(3)13-17(16)26)23-25-20-21-18(22-24-20)9-12-27-4/h5,13,18H,1,6-12H2,2-4H3. The Hall–Kier alpha value is -2.41. The van der Waals surface area contributed by atoms with Crippen LogP contribution in [0.15, 0.2) is 44.2 Å². The molecule has 0 fully saturated rings. The van der Waals surface area contributed by atoms with Gasteiger partial charge in [0.1, 0.15) is 0 Å². The Morgan fingerprint density at radius 3 is 3.00 bits per heavy atom. The molecule has 0 aromatic heterocycles. The van der Waals surface area contributed by atoms with Gasteiger partial charge in [-0.05, 0) is 48.9 Å². The molecule has 144 valence electrons. The van der Waals surface area contributed by atoms with E-state index >= 15 is 0 Å². The van der Waals surface area contributed by atoms with Crippen molar-refractivity contribution >= 4 is 17.3 Å². The molecule has 7 nitrogen and oxygen atoms in total. The second-order valence-electron chi connectivity index (χ2n) is 6.82. The van der Waals surface area contributed by atoms with Crippen molar-refractivity contribution in [3.8, 4) is 0 Å². The van der Waals surface area contributed by atoms with Crippen LogP contribution in [0.1, 0.15) is 36.5 Å². The Morgan fingerprint density at radius 2 is 2.26 bits per heavy atom. The Kier molecular flexibility index (Phi) is 6.45. The van der Waals surface area contributed by atoms with Crippen molar-refractivity contribution in [2.45, 2.75) is 45.7 Å². The molecule has 2 aliphatic heterocycles. The quantitative estimate of drug-likeness (QED) is 0.514. The highest BCUT2D eigenvalue weighted by Crippen LogP contribution is 2.38. The average Bonchev–Trinajstić information content (AvgIpc) is 3.13. The van der Waals surface area contributed by atoms with Crippen molar-refractivity contribution in [1.29, 1.82) is 0 Å². The first-order chi connectivity index (χ1) is 13.2. The van der Waals surface area contributed by atoms with Crippen molar-refractivity contribution in [2.24, 2.45) is 25.4 Å². The van der Waals surface area contributed by atoms with Crippen molar-refractivity contribution in [3.05, 3.63) is 35.4 Å². The van der Waals surface area contributed by atoms with E-state index in [1.54, 1.807) is 7.11 Å². The summed E-state index contributed by atoms with van der Waals surface area (Å²) in [5, 5.41) is 16.9. The van der Waals surface area contributed by atoms with Gasteiger partial charge in [-0.1, -0.05) is 13.0 Å². The number of aryl methyl sites for hydroxylation is 1. The molecule has 0 amide bonds. The van der Waals surface area contributed by atoms with Gasteiger partial charge in [0.2, 0.25) is 0 Å². The highest BCUT2D eigenvalue weighted by atomic mass is 16.5. The van der Waals surface area contributed by atoms with Gasteiger partial charge in [0.15, 0.2) is 6.17 Å². The summed E-state index contributed by atoms with van der Waals surface area (Å²) in [6.07, 6.45) is 5.61. The zero-order valence-corrected chi connectivity index (χ0v) is 16.5. The summed E-state index contributed by atoms with van der Waals surface area (Å²) >= 11 is 0. The Labute approximate surface area is 161 Å². The molecule has 0 radical (unpaired) electrons. The maximum absolute atomic E-state index is 5.06. The lowest BCUT2D eigenvalue weighted by Gasteiger charge is -2.32. The number of rotatable bonds is 7. The lowest BCUT2D eigenvalue weighted by Crippen LogP contribution is -2.30. The number of anilines is 1. The fourth-order valence-corrected chi connectivity index (χ4v) is 3.68. The van der Waals surface area contributed by atoms with E-state index in [0.29, 0.717) is 19.0 Å². The fraction of sp³-hybridized carbons (Fsp3) is 0.550. The van der Waals surface area contributed by atoms with Crippen LogP contribution in [0.4, 0.5) is 11.4 Å². The summed E-state index contributed by atoms with van der Waals surface area (Å²) in [6.45, 7) is 10.7. The molecular weight excluding hydrogens is 340 g/mol. The molecule has 0 bridgehead atoms. The first kappa shape index (κ1) is 19.4. The summed E-state index contributed by atoms with van der Waals surface area (Å²) in [5.74, 6) is 0.337. The topological polar surface area (TPSA) is 74.3 Å². The lowest BCUT2D eigenvalue weighted by molar-refractivity contribution is 0.189. The van der Waals surface area contributed by atoms with Crippen molar-refractivity contribution in [2.75, 3.05) is 31.7 Å². The minimum Gasteiger partial charge on any atom is -0.385 e. The minimum atomic E-state index is -0.207. The number of ether oxygens (including phenoxy) is 1. The summed E-state index contributed by atoms with van der Waals surface area (Å²) < 4.78 is 5.06. The van der Waals surface area contributed by atoms with Crippen LogP contribution < -0.4 is 4.90 Å². The van der Waals surface area contributed by atoms with Gasteiger partial charge in [0.05, 0.1) is 12.3 Å². The van der Waals surface area contributed by atoms with E-state index < -0.39 is 0 Å². The molecule has 0 N–H and O–H groups in total. The highest BCUT2D eigenvalue weighted by molar-refractivity contribution is 5.82. The van der Waals surface area contributed by atoms with Gasteiger partial charge in [-0.2, -0.15) is 5.11 Å². The number of aliphatic imine (C=N–C) groups is 1. The molecular formula is C20H28N6O. The van der Waals surface area contributed by atoms with Gasteiger partial charge < -0.3 is 9.64 Å². The maximum atomic E-state index is 5.06. The third kappa shape index (κ3) is 4.30. The van der Waals surface area contributed by atoms with Gasteiger partial charge in [0.25, 0.3) is 5.96 Å². The predicted octanol–water partition coefficient (Wildman–Crippen LogP) is 4.76. The third-order valence-corrected chi connectivity index (χ3v) is 4.95. The molecule has 1 aromatic carbocycles. The molecule has 2 heterocycles. The van der Waals surface area contributed by atoms with E-state index in [9.17, 15) is 0 Å². The third-order valence-electron chi connectivity index (χ3n) is 4.95. The Bertz CT molecular complexity index is 783. The smallest absolute Gasteiger partial charge is 0.285 e. The summed E-state index contributed by atoms with van der Waals surface area (Å²) in [5.41, 5.74) is 6.03. The normalized spacial score (nSPS) is 18.9. The van der Waals surface area contributed by atoms with Gasteiger partial charge >= 0.3 is 0 Å². The maximum Gasteiger partial charge on any atom is 0.285 e.